The van der Waals surface area contributed by atoms with Crippen LogP contribution in [0.25, 0.3) is 0 Å². The van der Waals surface area contributed by atoms with Gasteiger partial charge in [0.05, 0.1) is 11.5 Å². The van der Waals surface area contributed by atoms with Crippen molar-refractivity contribution in [2.24, 2.45) is 0 Å². The van der Waals surface area contributed by atoms with Crippen LogP contribution in [0.15, 0.2) is 0 Å². The minimum absolute atomic E-state index is 0.207. The van der Waals surface area contributed by atoms with Gasteiger partial charge in [-0.15, -0.1) is 0 Å². The maximum atomic E-state index is 11.4. The SMILES string of the molecule is CSCCCCNC1CCCS(=O)(=O)C1. The summed E-state index contributed by atoms with van der Waals surface area (Å²) in [5, 5.41) is 3.35. The van der Waals surface area contributed by atoms with Crippen LogP contribution in [0.1, 0.15) is 25.7 Å². The van der Waals surface area contributed by atoms with E-state index in [2.05, 4.69) is 11.6 Å². The zero-order valence-corrected chi connectivity index (χ0v) is 11.0. The van der Waals surface area contributed by atoms with E-state index < -0.39 is 9.84 Å². The molecule has 1 rings (SSSR count). The van der Waals surface area contributed by atoms with Crippen molar-refractivity contribution < 1.29 is 8.42 Å². The third-order valence-electron chi connectivity index (χ3n) is 2.67. The topological polar surface area (TPSA) is 46.2 Å². The fourth-order valence-corrected chi connectivity index (χ4v) is 4.02. The number of hydrogen-bond acceptors (Lipinski definition) is 4. The lowest BCUT2D eigenvalue weighted by Gasteiger charge is -2.22. The Hall–Kier alpha value is 0.260. The molecule has 3 nitrogen and oxygen atoms in total. The summed E-state index contributed by atoms with van der Waals surface area (Å²) in [5.74, 6) is 1.93. The van der Waals surface area contributed by atoms with Gasteiger partial charge in [-0.05, 0) is 44.2 Å². The summed E-state index contributed by atoms with van der Waals surface area (Å²) in [6, 6.07) is 0.207. The van der Waals surface area contributed by atoms with Gasteiger partial charge < -0.3 is 5.32 Å². The molecule has 0 amide bonds. The monoisotopic (exact) mass is 251 g/mol. The molecule has 0 saturated carbocycles. The van der Waals surface area contributed by atoms with Crippen molar-refractivity contribution in [1.82, 2.24) is 5.32 Å². The zero-order valence-electron chi connectivity index (χ0n) is 9.37. The summed E-state index contributed by atoms with van der Waals surface area (Å²) >= 11 is 1.86. The summed E-state index contributed by atoms with van der Waals surface area (Å²) in [4.78, 5) is 0. The maximum absolute atomic E-state index is 11.4. The standard InChI is InChI=1S/C10H21NO2S2/c1-14-7-3-2-6-11-10-5-4-8-15(12,13)9-10/h10-11H,2-9H2,1H3. The van der Waals surface area contributed by atoms with Crippen LogP contribution >= 0.6 is 11.8 Å². The van der Waals surface area contributed by atoms with Gasteiger partial charge in [-0.25, -0.2) is 8.42 Å². The fraction of sp³-hybridized carbons (Fsp3) is 1.00. The van der Waals surface area contributed by atoms with Gasteiger partial charge in [-0.1, -0.05) is 0 Å². The Balaban J connectivity index is 2.11. The van der Waals surface area contributed by atoms with E-state index in [1.165, 1.54) is 12.2 Å². The molecule has 15 heavy (non-hydrogen) atoms. The van der Waals surface area contributed by atoms with Crippen molar-refractivity contribution in [2.75, 3.05) is 30.1 Å². The first-order valence-electron chi connectivity index (χ1n) is 5.57. The van der Waals surface area contributed by atoms with Crippen molar-refractivity contribution in [3.05, 3.63) is 0 Å². The van der Waals surface area contributed by atoms with E-state index in [4.69, 9.17) is 0 Å². The van der Waals surface area contributed by atoms with Gasteiger partial charge >= 0.3 is 0 Å². The molecule has 1 N–H and O–H groups in total. The zero-order chi connectivity index (χ0) is 11.1. The molecular weight excluding hydrogens is 230 g/mol. The summed E-state index contributed by atoms with van der Waals surface area (Å²) in [5.41, 5.74) is 0. The van der Waals surface area contributed by atoms with Gasteiger partial charge in [0, 0.05) is 6.04 Å². The highest BCUT2D eigenvalue weighted by Gasteiger charge is 2.23. The van der Waals surface area contributed by atoms with Gasteiger partial charge in [0.2, 0.25) is 0 Å². The lowest BCUT2D eigenvalue weighted by molar-refractivity contribution is 0.475. The Morgan fingerprint density at radius 1 is 1.40 bits per heavy atom. The minimum atomic E-state index is -2.75. The second-order valence-corrected chi connectivity index (χ2v) is 7.32. The Kier molecular flexibility index (Phi) is 6.00. The first kappa shape index (κ1) is 13.3. The van der Waals surface area contributed by atoms with Crippen molar-refractivity contribution in [1.29, 1.82) is 0 Å². The molecule has 1 unspecified atom stereocenters. The third-order valence-corrected chi connectivity index (χ3v) is 5.19. The van der Waals surface area contributed by atoms with Crippen LogP contribution in [0.5, 0.6) is 0 Å². The second-order valence-electron chi connectivity index (χ2n) is 4.11. The average molecular weight is 251 g/mol. The number of nitrogens with one attached hydrogen (secondary N) is 1. The van der Waals surface area contributed by atoms with Crippen molar-refractivity contribution in [3.8, 4) is 0 Å². The Labute approximate surface area is 97.3 Å². The molecule has 1 atom stereocenters. The quantitative estimate of drug-likeness (QED) is 0.723. The molecule has 5 heteroatoms. The van der Waals surface area contributed by atoms with Gasteiger partial charge in [0.15, 0.2) is 9.84 Å². The summed E-state index contributed by atoms with van der Waals surface area (Å²) in [6.07, 6.45) is 6.32. The summed E-state index contributed by atoms with van der Waals surface area (Å²) < 4.78 is 22.7. The molecule has 1 aliphatic rings. The Bertz CT molecular complexity index is 265. The molecule has 0 aromatic carbocycles. The van der Waals surface area contributed by atoms with Gasteiger partial charge in [-0.2, -0.15) is 11.8 Å². The molecule has 1 heterocycles. The Morgan fingerprint density at radius 3 is 2.87 bits per heavy atom. The van der Waals surface area contributed by atoms with Crippen LogP contribution in [0.4, 0.5) is 0 Å². The smallest absolute Gasteiger partial charge is 0.151 e. The highest BCUT2D eigenvalue weighted by molar-refractivity contribution is 7.98. The first-order chi connectivity index (χ1) is 7.14. The summed E-state index contributed by atoms with van der Waals surface area (Å²) in [7, 11) is -2.75. The van der Waals surface area contributed by atoms with Crippen LogP contribution in [0.2, 0.25) is 0 Å². The van der Waals surface area contributed by atoms with Crippen LogP contribution < -0.4 is 5.32 Å². The van der Waals surface area contributed by atoms with Gasteiger partial charge in [0.25, 0.3) is 0 Å². The molecule has 0 spiro atoms. The molecule has 1 aliphatic heterocycles. The van der Waals surface area contributed by atoms with Gasteiger partial charge in [-0.3, -0.25) is 0 Å². The molecule has 0 aromatic heterocycles. The van der Waals surface area contributed by atoms with Crippen molar-refractivity contribution in [3.63, 3.8) is 0 Å². The Morgan fingerprint density at radius 2 is 2.20 bits per heavy atom. The predicted molar refractivity (Wildman–Crippen MR) is 67.3 cm³/mol. The van der Waals surface area contributed by atoms with E-state index in [0.29, 0.717) is 11.5 Å². The van der Waals surface area contributed by atoms with Crippen LogP contribution in [0.3, 0.4) is 0 Å². The molecule has 90 valence electrons. The summed E-state index contributed by atoms with van der Waals surface area (Å²) in [6.45, 7) is 0.959. The average Bonchev–Trinajstić information content (AvgIpc) is 2.16. The number of hydrogen-bond donors (Lipinski definition) is 1. The molecule has 0 aliphatic carbocycles. The number of sulfone groups is 1. The fourth-order valence-electron chi connectivity index (χ4n) is 1.86. The molecule has 0 aromatic rings. The minimum Gasteiger partial charge on any atom is -0.313 e. The lowest BCUT2D eigenvalue weighted by Crippen LogP contribution is -2.40. The van der Waals surface area contributed by atoms with E-state index in [0.717, 1.165) is 25.8 Å². The normalized spacial score (nSPS) is 25.3. The van der Waals surface area contributed by atoms with Crippen molar-refractivity contribution >= 4 is 21.6 Å². The third kappa shape index (κ3) is 5.78. The number of unbranched alkanes of at least 4 members (excludes halogenated alkanes) is 1. The highest BCUT2D eigenvalue weighted by atomic mass is 32.2. The van der Waals surface area contributed by atoms with Crippen LogP contribution in [0, 0.1) is 0 Å². The number of rotatable bonds is 6. The van der Waals surface area contributed by atoms with E-state index in [-0.39, 0.29) is 6.04 Å². The first-order valence-corrected chi connectivity index (χ1v) is 8.78. The van der Waals surface area contributed by atoms with Gasteiger partial charge in [0.1, 0.15) is 0 Å². The second kappa shape index (κ2) is 6.76. The molecule has 1 saturated heterocycles. The van der Waals surface area contributed by atoms with E-state index in [9.17, 15) is 8.42 Å². The van der Waals surface area contributed by atoms with E-state index in [1.54, 1.807) is 0 Å². The molecule has 0 radical (unpaired) electrons. The molecule has 0 bridgehead atoms. The van der Waals surface area contributed by atoms with Crippen molar-refractivity contribution in [2.45, 2.75) is 31.7 Å². The van der Waals surface area contributed by atoms with Crippen LogP contribution in [-0.2, 0) is 9.84 Å². The molecular formula is C10H21NO2S2. The molecule has 1 fully saturated rings. The number of thioether (sulfide) groups is 1. The van der Waals surface area contributed by atoms with E-state index in [1.807, 2.05) is 11.8 Å². The highest BCUT2D eigenvalue weighted by Crippen LogP contribution is 2.12. The lowest BCUT2D eigenvalue weighted by atomic mass is 10.2. The van der Waals surface area contributed by atoms with E-state index >= 15 is 0 Å². The predicted octanol–water partition coefficient (Wildman–Crippen LogP) is 1.30. The largest absolute Gasteiger partial charge is 0.313 e. The van der Waals surface area contributed by atoms with Crippen LogP contribution in [-0.4, -0.2) is 44.5 Å². The maximum Gasteiger partial charge on any atom is 0.151 e.